The predicted molar refractivity (Wildman–Crippen MR) is 82.6 cm³/mol. The molecular formula is C14H22N4O2S. The second kappa shape index (κ2) is 6.11. The molecule has 0 bridgehead atoms. The molecule has 0 spiro atoms. The van der Waals surface area contributed by atoms with Crippen LogP contribution < -0.4 is 0 Å². The molecule has 2 amide bonds. The molecule has 2 rings (SSSR count). The Kier molecular flexibility index (Phi) is 4.63. The van der Waals surface area contributed by atoms with Crippen LogP contribution in [0.1, 0.15) is 20.4 Å². The Morgan fingerprint density at radius 2 is 1.95 bits per heavy atom. The number of aromatic nitrogens is 1. The van der Waals surface area contributed by atoms with Crippen LogP contribution >= 0.6 is 11.3 Å². The molecule has 0 saturated carbocycles. The zero-order chi connectivity index (χ0) is 15.7. The van der Waals surface area contributed by atoms with E-state index in [-0.39, 0.29) is 17.9 Å². The molecule has 1 fully saturated rings. The first-order valence-corrected chi connectivity index (χ1v) is 7.77. The highest BCUT2D eigenvalue weighted by Crippen LogP contribution is 2.21. The first-order valence-electron chi connectivity index (χ1n) is 6.96. The van der Waals surface area contributed by atoms with Gasteiger partial charge in [0.15, 0.2) is 0 Å². The van der Waals surface area contributed by atoms with Crippen molar-refractivity contribution in [1.29, 1.82) is 0 Å². The van der Waals surface area contributed by atoms with Gasteiger partial charge in [0.25, 0.3) is 5.91 Å². The first-order chi connectivity index (χ1) is 9.81. The van der Waals surface area contributed by atoms with Crippen molar-refractivity contribution in [3.8, 4) is 0 Å². The molecule has 0 N–H and O–H groups in total. The number of amides is 2. The maximum Gasteiger partial charge on any atom is 0.265 e. The van der Waals surface area contributed by atoms with Crippen LogP contribution in [0.25, 0.3) is 0 Å². The van der Waals surface area contributed by atoms with Gasteiger partial charge < -0.3 is 9.80 Å². The van der Waals surface area contributed by atoms with E-state index in [1.807, 2.05) is 25.8 Å². The molecule has 7 heteroatoms. The summed E-state index contributed by atoms with van der Waals surface area (Å²) in [5, 5.41) is 0.894. The van der Waals surface area contributed by atoms with Crippen LogP contribution in [0.5, 0.6) is 0 Å². The molecule has 1 aliphatic rings. The number of thiazole rings is 1. The van der Waals surface area contributed by atoms with Crippen molar-refractivity contribution >= 4 is 23.2 Å². The summed E-state index contributed by atoms with van der Waals surface area (Å²) in [5.41, 5.74) is 0.775. The summed E-state index contributed by atoms with van der Waals surface area (Å²) in [6, 6.07) is -0.271. The topological polar surface area (TPSA) is 56.8 Å². The number of nitrogens with zero attached hydrogens (tertiary/aromatic N) is 4. The summed E-state index contributed by atoms with van der Waals surface area (Å²) in [6.45, 7) is 5.53. The Morgan fingerprint density at radius 3 is 2.48 bits per heavy atom. The van der Waals surface area contributed by atoms with Gasteiger partial charge in [-0.25, -0.2) is 4.98 Å². The van der Waals surface area contributed by atoms with Gasteiger partial charge in [-0.15, -0.1) is 11.3 Å². The van der Waals surface area contributed by atoms with E-state index in [0.717, 1.165) is 10.7 Å². The lowest BCUT2D eigenvalue weighted by atomic mass is 10.1. The Labute approximate surface area is 129 Å². The smallest absolute Gasteiger partial charge is 0.265 e. The lowest BCUT2D eigenvalue weighted by Gasteiger charge is -2.39. The fourth-order valence-corrected chi connectivity index (χ4v) is 3.38. The SMILES string of the molecule is Cc1nc(C)c(C(=O)N2CCN(C)[C@@H](C(=O)N(C)C)C2)s1. The maximum absolute atomic E-state index is 12.6. The minimum atomic E-state index is -0.271. The first kappa shape index (κ1) is 15.9. The summed E-state index contributed by atoms with van der Waals surface area (Å²) in [6.07, 6.45) is 0. The van der Waals surface area contributed by atoms with Gasteiger partial charge in [0, 0.05) is 33.7 Å². The summed E-state index contributed by atoms with van der Waals surface area (Å²) in [5.74, 6) is 0.0231. The van der Waals surface area contributed by atoms with Gasteiger partial charge in [0.1, 0.15) is 10.9 Å². The number of hydrogen-bond acceptors (Lipinski definition) is 5. The quantitative estimate of drug-likeness (QED) is 0.803. The summed E-state index contributed by atoms with van der Waals surface area (Å²) >= 11 is 1.42. The molecule has 1 aliphatic heterocycles. The van der Waals surface area contributed by atoms with Crippen LogP contribution in [-0.4, -0.2) is 78.3 Å². The number of carbonyl (C=O) groups excluding carboxylic acids is 2. The molecule has 1 saturated heterocycles. The van der Waals surface area contributed by atoms with Crippen molar-refractivity contribution < 1.29 is 9.59 Å². The van der Waals surface area contributed by atoms with E-state index in [2.05, 4.69) is 4.98 Å². The van der Waals surface area contributed by atoms with Gasteiger partial charge in [-0.2, -0.15) is 0 Å². The lowest BCUT2D eigenvalue weighted by molar-refractivity contribution is -0.135. The fraction of sp³-hybridized carbons (Fsp3) is 0.643. The van der Waals surface area contributed by atoms with Crippen molar-refractivity contribution in [3.05, 3.63) is 15.6 Å². The fourth-order valence-electron chi connectivity index (χ4n) is 2.50. The van der Waals surface area contributed by atoms with Gasteiger partial charge in [-0.05, 0) is 20.9 Å². The summed E-state index contributed by atoms with van der Waals surface area (Å²) in [7, 11) is 5.41. The number of aryl methyl sites for hydroxylation is 2. The van der Waals surface area contributed by atoms with Crippen molar-refractivity contribution in [2.45, 2.75) is 19.9 Å². The third-order valence-electron chi connectivity index (χ3n) is 3.76. The third kappa shape index (κ3) is 3.24. The van der Waals surface area contributed by atoms with Gasteiger partial charge in [0.2, 0.25) is 5.91 Å². The second-order valence-corrected chi connectivity index (χ2v) is 6.83. The van der Waals surface area contributed by atoms with E-state index in [1.165, 1.54) is 11.3 Å². The van der Waals surface area contributed by atoms with E-state index in [9.17, 15) is 9.59 Å². The van der Waals surface area contributed by atoms with Crippen molar-refractivity contribution in [2.24, 2.45) is 0 Å². The number of rotatable bonds is 2. The number of hydrogen-bond donors (Lipinski definition) is 0. The van der Waals surface area contributed by atoms with Crippen LogP contribution in [0.4, 0.5) is 0 Å². The molecule has 116 valence electrons. The highest BCUT2D eigenvalue weighted by Gasteiger charge is 2.34. The van der Waals surface area contributed by atoms with Gasteiger partial charge in [-0.1, -0.05) is 0 Å². The Balaban J connectivity index is 2.16. The number of piperazine rings is 1. The lowest BCUT2D eigenvalue weighted by Crippen LogP contribution is -2.58. The van der Waals surface area contributed by atoms with Crippen LogP contribution in [-0.2, 0) is 4.79 Å². The molecule has 6 nitrogen and oxygen atoms in total. The van der Waals surface area contributed by atoms with Gasteiger partial charge >= 0.3 is 0 Å². The van der Waals surface area contributed by atoms with Gasteiger partial charge in [-0.3, -0.25) is 14.5 Å². The summed E-state index contributed by atoms with van der Waals surface area (Å²) in [4.78, 5) is 35.2. The van der Waals surface area contributed by atoms with E-state index in [4.69, 9.17) is 0 Å². The molecule has 1 atom stereocenters. The monoisotopic (exact) mass is 310 g/mol. The van der Waals surface area contributed by atoms with Crippen LogP contribution in [0.15, 0.2) is 0 Å². The van der Waals surface area contributed by atoms with Crippen LogP contribution in [0, 0.1) is 13.8 Å². The Hall–Kier alpha value is -1.47. The molecule has 0 aliphatic carbocycles. The van der Waals surface area contributed by atoms with Crippen molar-refractivity contribution in [1.82, 2.24) is 19.7 Å². The Morgan fingerprint density at radius 1 is 1.29 bits per heavy atom. The van der Waals surface area contributed by atoms with Crippen LogP contribution in [0.2, 0.25) is 0 Å². The normalized spacial score (nSPS) is 19.7. The average molecular weight is 310 g/mol. The molecule has 0 unspecified atom stereocenters. The van der Waals surface area contributed by atoms with Crippen molar-refractivity contribution in [2.75, 3.05) is 40.8 Å². The van der Waals surface area contributed by atoms with Crippen molar-refractivity contribution in [3.63, 3.8) is 0 Å². The van der Waals surface area contributed by atoms with E-state index >= 15 is 0 Å². The van der Waals surface area contributed by atoms with Gasteiger partial charge in [0.05, 0.1) is 10.7 Å². The molecule has 1 aromatic rings. The third-order valence-corrected chi connectivity index (χ3v) is 4.82. The molecule has 21 heavy (non-hydrogen) atoms. The molecule has 0 radical (unpaired) electrons. The molecular weight excluding hydrogens is 288 g/mol. The maximum atomic E-state index is 12.6. The zero-order valence-corrected chi connectivity index (χ0v) is 14.0. The number of carbonyl (C=O) groups is 2. The highest BCUT2D eigenvalue weighted by atomic mass is 32.1. The minimum Gasteiger partial charge on any atom is -0.347 e. The standard InChI is InChI=1S/C14H22N4O2S/c1-9-12(21-10(2)15-9)14(20)18-7-6-17(5)11(8-18)13(19)16(3)4/h11H,6-8H2,1-5H3/t11-/m1/s1. The zero-order valence-electron chi connectivity index (χ0n) is 13.2. The van der Waals surface area contributed by atoms with E-state index < -0.39 is 0 Å². The largest absolute Gasteiger partial charge is 0.347 e. The summed E-state index contributed by atoms with van der Waals surface area (Å²) < 4.78 is 0. The minimum absolute atomic E-state index is 0.0113. The molecule has 2 heterocycles. The van der Waals surface area contributed by atoms with Crippen LogP contribution in [0.3, 0.4) is 0 Å². The highest BCUT2D eigenvalue weighted by molar-refractivity contribution is 7.13. The Bertz CT molecular complexity index is 555. The molecule has 1 aromatic heterocycles. The molecule has 0 aromatic carbocycles. The van der Waals surface area contributed by atoms with E-state index in [1.54, 1.807) is 23.9 Å². The predicted octanol–water partition coefficient (Wildman–Crippen LogP) is 0.604. The second-order valence-electron chi connectivity index (χ2n) is 5.63. The van der Waals surface area contributed by atoms with E-state index in [0.29, 0.717) is 24.5 Å². The number of likely N-dealkylation sites (N-methyl/N-ethyl adjacent to an activating group) is 2. The average Bonchev–Trinajstić information content (AvgIpc) is 2.76.